The monoisotopic (exact) mass is 512 g/mol. The van der Waals surface area contributed by atoms with E-state index in [1.807, 2.05) is 29.2 Å². The van der Waals surface area contributed by atoms with Crippen molar-refractivity contribution in [3.8, 4) is 0 Å². The van der Waals surface area contributed by atoms with Gasteiger partial charge in [-0.25, -0.2) is 0 Å². The standard InChI is InChI=1S/C32H40N4O2/c1-21(2)23-10-12-25(13-11-23)32(38,31(5)19-35(6)20-31)26-15-27(17-33-16-26)36-18-24(14-30(36)37)29-9-7-8-28(34-29)22(3)4/h7-13,15-17,21-22,24,38H,14,18-20H2,1-6H3/t24?,32-/m0/s1. The molecule has 0 aliphatic carbocycles. The lowest BCUT2D eigenvalue weighted by atomic mass is 9.62. The van der Waals surface area contributed by atoms with Gasteiger partial charge in [0, 0.05) is 60.5 Å². The maximum absolute atomic E-state index is 13.2. The number of amides is 1. The van der Waals surface area contributed by atoms with E-state index in [-0.39, 0.29) is 17.2 Å². The summed E-state index contributed by atoms with van der Waals surface area (Å²) in [5, 5.41) is 12.5. The molecule has 1 N–H and O–H groups in total. The van der Waals surface area contributed by atoms with Gasteiger partial charge >= 0.3 is 0 Å². The molecule has 6 nitrogen and oxygen atoms in total. The highest BCUT2D eigenvalue weighted by Crippen LogP contribution is 2.50. The third-order valence-electron chi connectivity index (χ3n) is 8.49. The average Bonchev–Trinajstić information content (AvgIpc) is 3.29. The summed E-state index contributed by atoms with van der Waals surface area (Å²) in [6, 6.07) is 16.4. The van der Waals surface area contributed by atoms with Crippen LogP contribution in [0.15, 0.2) is 60.9 Å². The number of benzene rings is 1. The molecule has 2 aromatic heterocycles. The van der Waals surface area contributed by atoms with Gasteiger partial charge in [0.25, 0.3) is 0 Å². The fourth-order valence-corrected chi connectivity index (χ4v) is 6.29. The molecule has 2 fully saturated rings. The van der Waals surface area contributed by atoms with Gasteiger partial charge in [-0.1, -0.05) is 65.0 Å². The molecule has 0 spiro atoms. The molecule has 1 aromatic carbocycles. The van der Waals surface area contributed by atoms with Crippen LogP contribution >= 0.6 is 0 Å². The minimum atomic E-state index is -1.24. The van der Waals surface area contributed by atoms with E-state index in [4.69, 9.17) is 4.98 Å². The van der Waals surface area contributed by atoms with Crippen molar-refractivity contribution in [2.24, 2.45) is 5.41 Å². The first-order chi connectivity index (χ1) is 18.0. The second kappa shape index (κ2) is 9.90. The molecule has 5 rings (SSSR count). The normalized spacial score (nSPS) is 21.1. The zero-order valence-corrected chi connectivity index (χ0v) is 23.5. The zero-order valence-electron chi connectivity index (χ0n) is 23.5. The first-order valence-corrected chi connectivity index (χ1v) is 13.8. The van der Waals surface area contributed by atoms with Crippen LogP contribution in [0.25, 0.3) is 0 Å². The maximum Gasteiger partial charge on any atom is 0.227 e. The first kappa shape index (κ1) is 26.5. The van der Waals surface area contributed by atoms with Crippen LogP contribution in [0.3, 0.4) is 0 Å². The van der Waals surface area contributed by atoms with E-state index >= 15 is 0 Å². The molecule has 6 heteroatoms. The Morgan fingerprint density at radius 1 is 1.00 bits per heavy atom. The lowest BCUT2D eigenvalue weighted by molar-refractivity contribution is -0.127. The van der Waals surface area contributed by atoms with Crippen molar-refractivity contribution in [3.63, 3.8) is 0 Å². The van der Waals surface area contributed by atoms with Gasteiger partial charge in [0.05, 0.1) is 11.9 Å². The number of hydrogen-bond donors (Lipinski definition) is 1. The Morgan fingerprint density at radius 2 is 1.71 bits per heavy atom. The molecule has 2 aliphatic rings. The second-order valence-corrected chi connectivity index (χ2v) is 12.2. The number of pyridine rings is 2. The smallest absolute Gasteiger partial charge is 0.227 e. The average molecular weight is 513 g/mol. The molecule has 3 aromatic rings. The van der Waals surface area contributed by atoms with Crippen molar-refractivity contribution in [1.29, 1.82) is 0 Å². The Hall–Kier alpha value is -3.09. The molecular weight excluding hydrogens is 472 g/mol. The summed E-state index contributed by atoms with van der Waals surface area (Å²) in [5.74, 6) is 0.843. The van der Waals surface area contributed by atoms with Crippen molar-refractivity contribution in [1.82, 2.24) is 14.9 Å². The quantitative estimate of drug-likeness (QED) is 0.457. The van der Waals surface area contributed by atoms with E-state index in [2.05, 4.69) is 75.8 Å². The Bertz CT molecular complexity index is 1310. The van der Waals surface area contributed by atoms with Gasteiger partial charge in [-0.2, -0.15) is 0 Å². The topological polar surface area (TPSA) is 69.6 Å². The van der Waals surface area contributed by atoms with Crippen molar-refractivity contribution in [3.05, 3.63) is 89.0 Å². The molecule has 0 saturated carbocycles. The van der Waals surface area contributed by atoms with Gasteiger partial charge in [-0.3, -0.25) is 14.8 Å². The number of nitrogens with zero attached hydrogens (tertiary/aromatic N) is 4. The SMILES string of the molecule is CC(C)c1ccc([C@](O)(c2cncc(N3CC(c4cccc(C(C)C)n4)CC3=O)c2)C2(C)CN(C)C2)cc1. The van der Waals surface area contributed by atoms with Gasteiger partial charge in [0.15, 0.2) is 0 Å². The summed E-state index contributed by atoms with van der Waals surface area (Å²) in [4.78, 5) is 26.6. The molecule has 0 bridgehead atoms. The van der Waals surface area contributed by atoms with Crippen LogP contribution in [-0.2, 0) is 10.4 Å². The summed E-state index contributed by atoms with van der Waals surface area (Å²) >= 11 is 0. The highest BCUT2D eigenvalue weighted by atomic mass is 16.3. The Kier molecular flexibility index (Phi) is 6.91. The van der Waals surface area contributed by atoms with Gasteiger partial charge < -0.3 is 14.9 Å². The van der Waals surface area contributed by atoms with Gasteiger partial charge in [-0.15, -0.1) is 0 Å². The molecule has 38 heavy (non-hydrogen) atoms. The molecule has 0 radical (unpaired) electrons. The van der Waals surface area contributed by atoms with Crippen LogP contribution in [0.4, 0.5) is 5.69 Å². The summed E-state index contributed by atoms with van der Waals surface area (Å²) in [6.07, 6.45) is 3.91. The van der Waals surface area contributed by atoms with E-state index in [1.54, 1.807) is 12.4 Å². The third kappa shape index (κ3) is 4.54. The summed E-state index contributed by atoms with van der Waals surface area (Å²) in [5.41, 5.74) is 3.92. The van der Waals surface area contributed by atoms with E-state index < -0.39 is 5.60 Å². The fourth-order valence-electron chi connectivity index (χ4n) is 6.29. The number of likely N-dealkylation sites (tertiary alicyclic amines) is 1. The predicted octanol–water partition coefficient (Wildman–Crippen LogP) is 5.43. The van der Waals surface area contributed by atoms with E-state index in [1.165, 1.54) is 5.56 Å². The largest absolute Gasteiger partial charge is 0.380 e. The molecule has 2 atom stereocenters. The Morgan fingerprint density at radius 3 is 2.34 bits per heavy atom. The molecule has 1 unspecified atom stereocenters. The van der Waals surface area contributed by atoms with Crippen LogP contribution in [0.1, 0.15) is 86.9 Å². The number of aliphatic hydroxyl groups is 1. The third-order valence-corrected chi connectivity index (χ3v) is 8.49. The van der Waals surface area contributed by atoms with Gasteiger partial charge in [0.2, 0.25) is 5.91 Å². The lowest BCUT2D eigenvalue weighted by Gasteiger charge is -2.56. The zero-order chi connectivity index (χ0) is 27.2. The van der Waals surface area contributed by atoms with Crippen LogP contribution in [0, 0.1) is 5.41 Å². The lowest BCUT2D eigenvalue weighted by Crippen LogP contribution is -2.63. The molecule has 2 saturated heterocycles. The predicted molar refractivity (Wildman–Crippen MR) is 151 cm³/mol. The van der Waals surface area contributed by atoms with E-state index in [0.29, 0.717) is 24.8 Å². The molecule has 4 heterocycles. The van der Waals surface area contributed by atoms with Crippen molar-refractivity contribution >= 4 is 11.6 Å². The summed E-state index contributed by atoms with van der Waals surface area (Å²) in [6.45, 7) is 12.8. The first-order valence-electron chi connectivity index (χ1n) is 13.8. The number of rotatable bonds is 7. The van der Waals surface area contributed by atoms with Crippen LogP contribution < -0.4 is 4.90 Å². The number of aromatic nitrogens is 2. The van der Waals surface area contributed by atoms with Crippen LogP contribution in [0.5, 0.6) is 0 Å². The molecule has 200 valence electrons. The number of anilines is 1. The van der Waals surface area contributed by atoms with Gasteiger partial charge in [-0.05, 0) is 48.2 Å². The summed E-state index contributed by atoms with van der Waals surface area (Å²) < 4.78 is 0. The molecule has 1 amide bonds. The van der Waals surface area contributed by atoms with E-state index in [9.17, 15) is 9.90 Å². The maximum atomic E-state index is 13.2. The Balaban J connectivity index is 1.49. The van der Waals surface area contributed by atoms with Crippen molar-refractivity contribution in [2.75, 3.05) is 31.6 Å². The number of carbonyl (C=O) groups excluding carboxylic acids is 1. The highest BCUT2D eigenvalue weighted by molar-refractivity contribution is 5.96. The fraction of sp³-hybridized carbons (Fsp3) is 0.469. The summed E-state index contributed by atoms with van der Waals surface area (Å²) in [7, 11) is 2.07. The minimum absolute atomic E-state index is 0.0325. The van der Waals surface area contributed by atoms with Gasteiger partial charge in [0.1, 0.15) is 5.60 Å². The molecular formula is C32H40N4O2. The number of hydrogen-bond acceptors (Lipinski definition) is 5. The van der Waals surface area contributed by atoms with Crippen LogP contribution in [-0.4, -0.2) is 52.6 Å². The molecule has 2 aliphatic heterocycles. The highest BCUT2D eigenvalue weighted by Gasteiger charge is 2.55. The van der Waals surface area contributed by atoms with Crippen molar-refractivity contribution < 1.29 is 9.90 Å². The van der Waals surface area contributed by atoms with Crippen molar-refractivity contribution in [2.45, 2.75) is 64.4 Å². The van der Waals surface area contributed by atoms with E-state index in [0.717, 1.165) is 41.3 Å². The second-order valence-electron chi connectivity index (χ2n) is 12.2. The number of carbonyl (C=O) groups is 1. The van der Waals surface area contributed by atoms with Crippen LogP contribution in [0.2, 0.25) is 0 Å². The Labute approximate surface area is 226 Å². The minimum Gasteiger partial charge on any atom is -0.380 e.